The van der Waals surface area contributed by atoms with Gasteiger partial charge < -0.3 is 15.8 Å². The highest BCUT2D eigenvalue weighted by Gasteiger charge is 2.13. The fourth-order valence-corrected chi connectivity index (χ4v) is 0.941. The molecule has 1 rings (SSSR count). The second-order valence-corrected chi connectivity index (χ2v) is 2.67. The van der Waals surface area contributed by atoms with E-state index in [1.54, 1.807) is 12.1 Å². The first-order valence-corrected chi connectivity index (χ1v) is 3.76. The van der Waals surface area contributed by atoms with Crippen molar-refractivity contribution in [2.24, 2.45) is 5.73 Å². The highest BCUT2D eigenvalue weighted by Crippen LogP contribution is 1.94. The van der Waals surface area contributed by atoms with E-state index in [1.807, 2.05) is 0 Å². The topological polar surface area (TPSA) is 96.2 Å². The third-order valence-corrected chi connectivity index (χ3v) is 1.66. The number of carbonyl (C=O) groups is 1. The number of aromatic amines is 1. The molecule has 0 aliphatic carbocycles. The summed E-state index contributed by atoms with van der Waals surface area (Å²) >= 11 is 0. The minimum Gasteiger partial charge on any atom is -0.480 e. The van der Waals surface area contributed by atoms with E-state index in [4.69, 9.17) is 10.8 Å². The van der Waals surface area contributed by atoms with Crippen molar-refractivity contribution in [1.29, 1.82) is 0 Å². The van der Waals surface area contributed by atoms with Gasteiger partial charge in [0.25, 0.3) is 5.56 Å². The number of nitrogens with two attached hydrogens (primary N) is 1. The molecule has 0 fully saturated rings. The summed E-state index contributed by atoms with van der Waals surface area (Å²) in [5, 5.41) is 8.50. The Morgan fingerprint density at radius 1 is 1.53 bits per heavy atom. The lowest BCUT2D eigenvalue weighted by atomic mass is 10.1. The lowest BCUT2D eigenvalue weighted by molar-refractivity contribution is -0.138. The van der Waals surface area contributed by atoms with Crippen LogP contribution >= 0.6 is 24.8 Å². The van der Waals surface area contributed by atoms with E-state index in [9.17, 15) is 9.59 Å². The Hall–Kier alpha value is -1.04. The molecule has 0 aliphatic rings. The number of halogens is 2. The zero-order valence-electron chi connectivity index (χ0n) is 7.67. The van der Waals surface area contributed by atoms with Crippen molar-refractivity contribution in [3.05, 3.63) is 34.2 Å². The summed E-state index contributed by atoms with van der Waals surface area (Å²) in [4.78, 5) is 23.9. The van der Waals surface area contributed by atoms with Gasteiger partial charge in [0.05, 0.1) is 0 Å². The van der Waals surface area contributed by atoms with Gasteiger partial charge >= 0.3 is 5.97 Å². The quantitative estimate of drug-likeness (QED) is 0.717. The number of nitrogens with one attached hydrogen (secondary N) is 1. The molecule has 86 valence electrons. The first-order chi connectivity index (χ1) is 6.11. The van der Waals surface area contributed by atoms with E-state index in [0.29, 0.717) is 5.56 Å². The zero-order valence-corrected chi connectivity index (χ0v) is 9.31. The number of carboxylic acids is 1. The Morgan fingerprint density at radius 2 is 2.13 bits per heavy atom. The molecule has 1 heterocycles. The summed E-state index contributed by atoms with van der Waals surface area (Å²) in [6.07, 6.45) is 1.53. The first-order valence-electron chi connectivity index (χ1n) is 3.76. The summed E-state index contributed by atoms with van der Waals surface area (Å²) in [6, 6.07) is 2.16. The summed E-state index contributed by atoms with van der Waals surface area (Å²) in [7, 11) is 0. The van der Waals surface area contributed by atoms with Gasteiger partial charge in [0.15, 0.2) is 0 Å². The van der Waals surface area contributed by atoms with E-state index in [1.165, 1.54) is 6.20 Å². The molecule has 7 heteroatoms. The largest absolute Gasteiger partial charge is 0.480 e. The third kappa shape index (κ3) is 4.83. The SMILES string of the molecule is Cl.Cl.NC(Cc1ccc[nH]c1=O)C(=O)O. The van der Waals surface area contributed by atoms with Crippen molar-refractivity contribution in [2.45, 2.75) is 12.5 Å². The van der Waals surface area contributed by atoms with Crippen LogP contribution in [0.15, 0.2) is 23.1 Å². The molecule has 0 spiro atoms. The van der Waals surface area contributed by atoms with E-state index in [-0.39, 0.29) is 36.8 Å². The van der Waals surface area contributed by atoms with Gasteiger partial charge in [-0.25, -0.2) is 0 Å². The molecule has 4 N–H and O–H groups in total. The van der Waals surface area contributed by atoms with E-state index < -0.39 is 12.0 Å². The van der Waals surface area contributed by atoms with Crippen LogP contribution in [0, 0.1) is 0 Å². The second-order valence-electron chi connectivity index (χ2n) is 2.67. The molecule has 0 saturated heterocycles. The molecular formula is C8H12Cl2N2O3. The number of aromatic nitrogens is 1. The average molecular weight is 255 g/mol. The summed E-state index contributed by atoms with van der Waals surface area (Å²) in [5.74, 6) is -1.11. The molecule has 1 aromatic rings. The van der Waals surface area contributed by atoms with Crippen LogP contribution in [-0.4, -0.2) is 22.1 Å². The normalized spacial score (nSPS) is 10.7. The molecule has 5 nitrogen and oxygen atoms in total. The van der Waals surface area contributed by atoms with E-state index in [0.717, 1.165) is 0 Å². The number of rotatable bonds is 3. The number of pyridine rings is 1. The van der Waals surface area contributed by atoms with Crippen molar-refractivity contribution >= 4 is 30.8 Å². The van der Waals surface area contributed by atoms with Crippen molar-refractivity contribution < 1.29 is 9.90 Å². The van der Waals surface area contributed by atoms with Crippen LogP contribution in [0.3, 0.4) is 0 Å². The van der Waals surface area contributed by atoms with Gasteiger partial charge in [0.2, 0.25) is 0 Å². The Morgan fingerprint density at radius 3 is 2.60 bits per heavy atom. The number of aliphatic carboxylic acids is 1. The van der Waals surface area contributed by atoms with Crippen LogP contribution in [0.4, 0.5) is 0 Å². The van der Waals surface area contributed by atoms with Crippen molar-refractivity contribution in [3.63, 3.8) is 0 Å². The van der Waals surface area contributed by atoms with Crippen LogP contribution in [0.2, 0.25) is 0 Å². The minimum absolute atomic E-state index is 0. The maximum atomic E-state index is 11.1. The number of hydrogen-bond donors (Lipinski definition) is 3. The highest BCUT2D eigenvalue weighted by atomic mass is 35.5. The van der Waals surface area contributed by atoms with E-state index >= 15 is 0 Å². The Balaban J connectivity index is 0. The van der Waals surface area contributed by atoms with Crippen LogP contribution in [-0.2, 0) is 11.2 Å². The standard InChI is InChI=1S/C8H10N2O3.2ClH/c9-6(8(12)13)4-5-2-1-3-10-7(5)11;;/h1-3,6H,4,9H2,(H,10,11)(H,12,13);2*1H. The maximum absolute atomic E-state index is 11.1. The highest BCUT2D eigenvalue weighted by molar-refractivity contribution is 5.85. The second kappa shape index (κ2) is 7.28. The van der Waals surface area contributed by atoms with Crippen LogP contribution in [0.5, 0.6) is 0 Å². The summed E-state index contributed by atoms with van der Waals surface area (Å²) < 4.78 is 0. The molecule has 1 unspecified atom stereocenters. The van der Waals surface area contributed by atoms with Gasteiger partial charge in [-0.05, 0) is 6.07 Å². The molecule has 0 amide bonds. The van der Waals surface area contributed by atoms with Crippen LogP contribution < -0.4 is 11.3 Å². The lowest BCUT2D eigenvalue weighted by Gasteiger charge is -2.04. The molecule has 15 heavy (non-hydrogen) atoms. The number of carboxylic acid groups (broad SMARTS) is 1. The number of hydrogen-bond acceptors (Lipinski definition) is 3. The van der Waals surface area contributed by atoms with E-state index in [2.05, 4.69) is 4.98 Å². The Kier molecular flexibility index (Phi) is 7.95. The zero-order chi connectivity index (χ0) is 9.84. The molecule has 0 aliphatic heterocycles. The van der Waals surface area contributed by atoms with Crippen molar-refractivity contribution in [3.8, 4) is 0 Å². The number of H-pyrrole nitrogens is 1. The molecule has 0 bridgehead atoms. The van der Waals surface area contributed by atoms with Gasteiger partial charge in [-0.3, -0.25) is 9.59 Å². The fourth-order valence-electron chi connectivity index (χ4n) is 0.941. The predicted molar refractivity (Wildman–Crippen MR) is 60.9 cm³/mol. The van der Waals surface area contributed by atoms with Gasteiger partial charge in [-0.1, -0.05) is 6.07 Å². The van der Waals surface area contributed by atoms with Gasteiger partial charge in [0.1, 0.15) is 6.04 Å². The maximum Gasteiger partial charge on any atom is 0.320 e. The average Bonchev–Trinajstić information content (AvgIpc) is 2.08. The summed E-state index contributed by atoms with van der Waals surface area (Å²) in [5.41, 5.74) is 5.36. The lowest BCUT2D eigenvalue weighted by Crippen LogP contribution is -2.34. The van der Waals surface area contributed by atoms with Gasteiger partial charge in [-0.2, -0.15) is 0 Å². The predicted octanol–water partition coefficient (Wildman–Crippen LogP) is 0.173. The molecule has 1 aromatic heterocycles. The van der Waals surface area contributed by atoms with Gasteiger partial charge in [0, 0.05) is 18.2 Å². The summed E-state index contributed by atoms with van der Waals surface area (Å²) in [6.45, 7) is 0. The molecular weight excluding hydrogens is 243 g/mol. The van der Waals surface area contributed by atoms with Crippen molar-refractivity contribution in [1.82, 2.24) is 4.98 Å². The van der Waals surface area contributed by atoms with Crippen LogP contribution in [0.1, 0.15) is 5.56 Å². The molecule has 0 saturated carbocycles. The smallest absolute Gasteiger partial charge is 0.320 e. The monoisotopic (exact) mass is 254 g/mol. The van der Waals surface area contributed by atoms with Crippen LogP contribution in [0.25, 0.3) is 0 Å². The minimum atomic E-state index is -1.11. The Bertz CT molecular complexity index is 367. The molecule has 0 aromatic carbocycles. The third-order valence-electron chi connectivity index (χ3n) is 1.66. The molecule has 1 atom stereocenters. The Labute approximate surface area is 98.5 Å². The van der Waals surface area contributed by atoms with Crippen molar-refractivity contribution in [2.75, 3.05) is 0 Å². The first kappa shape index (κ1) is 16.4. The fraction of sp³-hybridized carbons (Fsp3) is 0.250. The molecule has 0 radical (unpaired) electrons. The van der Waals surface area contributed by atoms with Gasteiger partial charge in [-0.15, -0.1) is 24.8 Å².